The van der Waals surface area contributed by atoms with Crippen molar-refractivity contribution in [2.75, 3.05) is 33.2 Å². The van der Waals surface area contributed by atoms with Crippen LogP contribution in [0.25, 0.3) is 5.69 Å². The second-order valence-corrected chi connectivity index (χ2v) is 5.81. The van der Waals surface area contributed by atoms with Crippen LogP contribution in [0, 0.1) is 0 Å². The van der Waals surface area contributed by atoms with Crippen LogP contribution in [0.5, 0.6) is 0 Å². The first kappa shape index (κ1) is 16.5. The number of piperazine rings is 1. The fourth-order valence-electron chi connectivity index (χ4n) is 2.59. The Kier molecular flexibility index (Phi) is 4.31. The monoisotopic (exact) mass is 338 g/mol. The highest BCUT2D eigenvalue weighted by Crippen LogP contribution is 2.30. The van der Waals surface area contributed by atoms with Crippen LogP contribution in [0.3, 0.4) is 0 Å². The number of halogens is 3. The van der Waals surface area contributed by atoms with E-state index in [2.05, 4.69) is 9.88 Å². The minimum atomic E-state index is -4.41. The van der Waals surface area contributed by atoms with Crippen molar-refractivity contribution in [1.29, 1.82) is 0 Å². The summed E-state index contributed by atoms with van der Waals surface area (Å²) in [6, 6.07) is 4.92. The second-order valence-electron chi connectivity index (χ2n) is 5.81. The quantitative estimate of drug-likeness (QED) is 0.844. The Balaban J connectivity index is 1.79. The van der Waals surface area contributed by atoms with Crippen LogP contribution in [-0.2, 0) is 6.18 Å². The molecule has 0 bridgehead atoms. The molecule has 5 nitrogen and oxygen atoms in total. The van der Waals surface area contributed by atoms with Gasteiger partial charge in [0.25, 0.3) is 5.91 Å². The summed E-state index contributed by atoms with van der Waals surface area (Å²) in [4.78, 5) is 20.3. The number of likely N-dealkylation sites (N-methyl/N-ethyl adjacent to an activating group) is 1. The van der Waals surface area contributed by atoms with Crippen molar-refractivity contribution in [1.82, 2.24) is 19.4 Å². The molecule has 1 saturated heterocycles. The molecule has 1 aliphatic heterocycles. The highest BCUT2D eigenvalue weighted by atomic mass is 19.4. The largest absolute Gasteiger partial charge is 0.416 e. The van der Waals surface area contributed by atoms with Gasteiger partial charge in [0.15, 0.2) is 0 Å². The van der Waals surface area contributed by atoms with Gasteiger partial charge in [0.2, 0.25) is 0 Å². The molecule has 0 radical (unpaired) electrons. The highest BCUT2D eigenvalue weighted by Gasteiger charge is 2.30. The summed E-state index contributed by atoms with van der Waals surface area (Å²) >= 11 is 0. The van der Waals surface area contributed by atoms with Crippen LogP contribution in [-0.4, -0.2) is 58.5 Å². The molecule has 2 aromatic rings. The zero-order chi connectivity index (χ0) is 17.3. The van der Waals surface area contributed by atoms with Gasteiger partial charge in [-0.2, -0.15) is 13.2 Å². The number of hydrogen-bond donors (Lipinski definition) is 0. The van der Waals surface area contributed by atoms with Gasteiger partial charge in [-0.1, -0.05) is 6.07 Å². The Morgan fingerprint density at radius 2 is 1.88 bits per heavy atom. The summed E-state index contributed by atoms with van der Waals surface area (Å²) in [5, 5.41) is 0. The van der Waals surface area contributed by atoms with Crippen molar-refractivity contribution < 1.29 is 18.0 Å². The summed E-state index contributed by atoms with van der Waals surface area (Å²) < 4.78 is 39.8. The molecule has 0 saturated carbocycles. The molecular weight excluding hydrogens is 321 g/mol. The molecule has 128 valence electrons. The molecule has 1 aromatic carbocycles. The number of aromatic nitrogens is 2. The average Bonchev–Trinajstić information content (AvgIpc) is 3.04. The Labute approximate surface area is 137 Å². The topological polar surface area (TPSA) is 41.4 Å². The first-order valence-corrected chi connectivity index (χ1v) is 7.54. The van der Waals surface area contributed by atoms with E-state index in [4.69, 9.17) is 0 Å². The highest BCUT2D eigenvalue weighted by molar-refractivity contribution is 5.92. The Bertz CT molecular complexity index is 733. The van der Waals surface area contributed by atoms with Gasteiger partial charge in [-0.05, 0) is 25.2 Å². The fourth-order valence-corrected chi connectivity index (χ4v) is 2.59. The molecule has 3 rings (SSSR count). The maximum absolute atomic E-state index is 12.8. The number of alkyl halides is 3. The molecular formula is C16H17F3N4O. The minimum Gasteiger partial charge on any atom is -0.335 e. The minimum absolute atomic E-state index is 0.200. The second kappa shape index (κ2) is 6.27. The van der Waals surface area contributed by atoms with Crippen LogP contribution in [0.1, 0.15) is 16.1 Å². The van der Waals surface area contributed by atoms with Gasteiger partial charge in [0.1, 0.15) is 12.0 Å². The van der Waals surface area contributed by atoms with Gasteiger partial charge in [0.05, 0.1) is 5.56 Å². The molecule has 1 aromatic heterocycles. The Morgan fingerprint density at radius 1 is 1.17 bits per heavy atom. The molecule has 0 spiro atoms. The van der Waals surface area contributed by atoms with E-state index >= 15 is 0 Å². The summed E-state index contributed by atoms with van der Waals surface area (Å²) in [5.41, 5.74) is -0.188. The molecule has 1 aliphatic rings. The molecule has 8 heteroatoms. The number of hydrogen-bond acceptors (Lipinski definition) is 3. The summed E-state index contributed by atoms with van der Waals surface area (Å²) in [6.07, 6.45) is -1.58. The van der Waals surface area contributed by atoms with Crippen LogP contribution < -0.4 is 0 Å². The molecule has 1 amide bonds. The molecule has 2 heterocycles. The summed E-state index contributed by atoms with van der Waals surface area (Å²) in [6.45, 7) is 2.82. The standard InChI is InChI=1S/C16H17F3N4O/c1-21-5-7-22(8-6-21)15(24)14-10-23(11-20-14)13-4-2-3-12(9-13)16(17,18)19/h2-4,9-11H,5-8H2,1H3. The first-order chi connectivity index (χ1) is 11.3. The normalized spacial score (nSPS) is 16.4. The number of rotatable bonds is 2. The van der Waals surface area contributed by atoms with Gasteiger partial charge in [-0.3, -0.25) is 4.79 Å². The molecule has 1 fully saturated rings. The van der Waals surface area contributed by atoms with Gasteiger partial charge in [0, 0.05) is 38.1 Å². The maximum atomic E-state index is 12.8. The number of imidazole rings is 1. The van der Waals surface area contributed by atoms with Gasteiger partial charge in [-0.25, -0.2) is 4.98 Å². The van der Waals surface area contributed by atoms with Crippen molar-refractivity contribution >= 4 is 5.91 Å². The van der Waals surface area contributed by atoms with Crippen LogP contribution in [0.15, 0.2) is 36.8 Å². The Morgan fingerprint density at radius 3 is 2.54 bits per heavy atom. The zero-order valence-electron chi connectivity index (χ0n) is 13.1. The van der Waals surface area contributed by atoms with Gasteiger partial charge < -0.3 is 14.4 Å². The third-order valence-corrected chi connectivity index (χ3v) is 4.06. The maximum Gasteiger partial charge on any atom is 0.416 e. The van der Waals surface area contributed by atoms with Crippen molar-refractivity contribution in [3.05, 3.63) is 48.0 Å². The first-order valence-electron chi connectivity index (χ1n) is 7.54. The fraction of sp³-hybridized carbons (Fsp3) is 0.375. The number of carbonyl (C=O) groups excluding carboxylic acids is 1. The summed E-state index contributed by atoms with van der Waals surface area (Å²) in [7, 11) is 1.99. The third-order valence-electron chi connectivity index (χ3n) is 4.06. The lowest BCUT2D eigenvalue weighted by Crippen LogP contribution is -2.47. The van der Waals surface area contributed by atoms with Crippen LogP contribution >= 0.6 is 0 Å². The number of nitrogens with zero attached hydrogens (tertiary/aromatic N) is 4. The van der Waals surface area contributed by atoms with E-state index in [0.717, 1.165) is 25.2 Å². The number of carbonyl (C=O) groups is 1. The lowest BCUT2D eigenvalue weighted by Gasteiger charge is -2.31. The third kappa shape index (κ3) is 3.43. The van der Waals surface area contributed by atoms with Crippen molar-refractivity contribution in [3.63, 3.8) is 0 Å². The SMILES string of the molecule is CN1CCN(C(=O)c2cn(-c3cccc(C(F)(F)F)c3)cn2)CC1. The number of amides is 1. The smallest absolute Gasteiger partial charge is 0.335 e. The van der Waals surface area contributed by atoms with E-state index in [0.29, 0.717) is 18.8 Å². The molecule has 0 N–H and O–H groups in total. The predicted octanol–water partition coefficient (Wildman–Crippen LogP) is 2.28. The summed E-state index contributed by atoms with van der Waals surface area (Å²) in [5.74, 6) is -0.200. The van der Waals surface area contributed by atoms with Crippen molar-refractivity contribution in [2.24, 2.45) is 0 Å². The number of benzene rings is 1. The lowest BCUT2D eigenvalue weighted by molar-refractivity contribution is -0.137. The van der Waals surface area contributed by atoms with Gasteiger partial charge in [-0.15, -0.1) is 0 Å². The molecule has 0 atom stereocenters. The van der Waals surface area contributed by atoms with E-state index in [-0.39, 0.29) is 11.6 Å². The predicted molar refractivity (Wildman–Crippen MR) is 82.0 cm³/mol. The van der Waals surface area contributed by atoms with Crippen molar-refractivity contribution in [3.8, 4) is 5.69 Å². The van der Waals surface area contributed by atoms with E-state index in [1.807, 2.05) is 7.05 Å². The molecule has 0 unspecified atom stereocenters. The molecule has 24 heavy (non-hydrogen) atoms. The average molecular weight is 338 g/mol. The zero-order valence-corrected chi connectivity index (χ0v) is 13.1. The van der Waals surface area contributed by atoms with E-state index in [9.17, 15) is 18.0 Å². The van der Waals surface area contributed by atoms with Crippen molar-refractivity contribution in [2.45, 2.75) is 6.18 Å². The lowest BCUT2D eigenvalue weighted by atomic mass is 10.2. The van der Waals surface area contributed by atoms with E-state index < -0.39 is 11.7 Å². The Hall–Kier alpha value is -2.35. The van der Waals surface area contributed by atoms with Crippen LogP contribution in [0.2, 0.25) is 0 Å². The van der Waals surface area contributed by atoms with E-state index in [1.165, 1.54) is 23.2 Å². The van der Waals surface area contributed by atoms with E-state index in [1.54, 1.807) is 11.0 Å². The van der Waals surface area contributed by atoms with Gasteiger partial charge >= 0.3 is 6.18 Å². The molecule has 0 aliphatic carbocycles. The van der Waals surface area contributed by atoms with Crippen LogP contribution in [0.4, 0.5) is 13.2 Å².